The summed E-state index contributed by atoms with van der Waals surface area (Å²) < 4.78 is 0. The van der Waals surface area contributed by atoms with Crippen LogP contribution in [0.1, 0.15) is 92.2 Å². The van der Waals surface area contributed by atoms with E-state index in [9.17, 15) is 0 Å². The average molecular weight is 558 g/mol. The number of hydrogen-bond acceptors (Lipinski definition) is 8. The van der Waals surface area contributed by atoms with Gasteiger partial charge in [0.1, 0.15) is 24.1 Å². The first-order valence-electron chi connectivity index (χ1n) is 14.4. The Morgan fingerprint density at radius 2 is 1.79 bits per heavy atom. The summed E-state index contributed by atoms with van der Waals surface area (Å²) in [5, 5.41) is 12.8. The van der Waals surface area contributed by atoms with Crippen LogP contribution in [0, 0.1) is 30.1 Å². The molecule has 8 nitrogen and oxygen atoms in total. The predicted octanol–water partition coefficient (Wildman–Crippen LogP) is 8.04. The molecule has 0 radical (unpaired) electrons. The van der Waals surface area contributed by atoms with E-state index in [1.807, 2.05) is 34.6 Å². The molecule has 4 rings (SSSR count). The van der Waals surface area contributed by atoms with E-state index >= 15 is 0 Å². The highest BCUT2D eigenvalue weighted by Crippen LogP contribution is 2.33. The van der Waals surface area contributed by atoms with Gasteiger partial charge in [-0.1, -0.05) is 73.4 Å². The van der Waals surface area contributed by atoms with Gasteiger partial charge in [0.05, 0.1) is 22.3 Å². The van der Waals surface area contributed by atoms with Crippen LogP contribution >= 0.6 is 11.6 Å². The van der Waals surface area contributed by atoms with Crippen LogP contribution in [0.25, 0.3) is 0 Å². The number of aromatic nitrogens is 2. The minimum absolute atomic E-state index is 0.0757. The average Bonchev–Trinajstić information content (AvgIpc) is 3.47. The first kappa shape index (κ1) is 34.1. The van der Waals surface area contributed by atoms with Gasteiger partial charge in [0, 0.05) is 24.6 Å². The Kier molecular flexibility index (Phi) is 16.1. The van der Waals surface area contributed by atoms with Gasteiger partial charge in [0.15, 0.2) is 0 Å². The molecule has 2 aliphatic rings. The molecule has 1 saturated heterocycles. The van der Waals surface area contributed by atoms with E-state index in [-0.39, 0.29) is 6.17 Å². The molecule has 2 N–H and O–H groups in total. The Hall–Kier alpha value is -2.89. The molecule has 9 heteroatoms. The van der Waals surface area contributed by atoms with E-state index in [0.717, 1.165) is 49.6 Å². The fourth-order valence-electron chi connectivity index (χ4n) is 4.23. The molecule has 0 bridgehead atoms. The van der Waals surface area contributed by atoms with Crippen molar-refractivity contribution in [2.24, 2.45) is 16.8 Å². The van der Waals surface area contributed by atoms with Crippen molar-refractivity contribution < 1.29 is 4.84 Å². The number of anilines is 3. The number of nitriles is 1. The van der Waals surface area contributed by atoms with Crippen LogP contribution < -0.4 is 15.7 Å². The van der Waals surface area contributed by atoms with Crippen molar-refractivity contribution in [1.29, 1.82) is 5.26 Å². The van der Waals surface area contributed by atoms with Crippen molar-refractivity contribution >= 4 is 34.8 Å². The molecule has 0 saturated carbocycles. The predicted molar refractivity (Wildman–Crippen MR) is 165 cm³/mol. The molecule has 216 valence electrons. The number of aliphatic imine (C=N–C) groups is 1. The maximum Gasteiger partial charge on any atom is 0.214 e. The Bertz CT molecular complexity index is 1060. The highest BCUT2D eigenvalue weighted by molar-refractivity contribution is 6.33. The molecule has 0 amide bonds. The van der Waals surface area contributed by atoms with Gasteiger partial charge in [-0.15, -0.1) is 5.48 Å². The van der Waals surface area contributed by atoms with E-state index in [2.05, 4.69) is 64.4 Å². The number of hydrogen-bond donors (Lipinski definition) is 2. The van der Waals surface area contributed by atoms with Crippen LogP contribution in [0.5, 0.6) is 0 Å². The molecule has 1 aromatic heterocycles. The maximum absolute atomic E-state index is 9.03. The van der Waals surface area contributed by atoms with E-state index in [1.54, 1.807) is 24.5 Å². The topological polar surface area (TPSA) is 98.5 Å². The minimum atomic E-state index is 0.0757. The lowest BCUT2D eigenvalue weighted by atomic mass is 9.85. The summed E-state index contributed by atoms with van der Waals surface area (Å²) in [7, 11) is 0. The first-order valence-corrected chi connectivity index (χ1v) is 14.8. The lowest BCUT2D eigenvalue weighted by molar-refractivity contribution is 0.158. The summed E-state index contributed by atoms with van der Waals surface area (Å²) in [6.07, 6.45) is 5.93. The Morgan fingerprint density at radius 1 is 1.15 bits per heavy atom. The number of halogens is 1. The van der Waals surface area contributed by atoms with Crippen LogP contribution in [0.4, 0.5) is 17.3 Å². The van der Waals surface area contributed by atoms with Crippen molar-refractivity contribution in [1.82, 2.24) is 15.4 Å². The summed E-state index contributed by atoms with van der Waals surface area (Å²) in [5.74, 6) is 3.30. The molecule has 2 unspecified atom stereocenters. The minimum Gasteiger partial charge on any atom is -0.391 e. The SMILES string of the molecule is CC.CC.CCC.CCC1N=C(C(C)C2CCN(c3ncnc(Nc4ccc(C#N)cc4Cl)c3C)CC2)ON1. The number of piperidine rings is 1. The lowest BCUT2D eigenvalue weighted by Crippen LogP contribution is -2.38. The summed E-state index contributed by atoms with van der Waals surface area (Å²) in [4.78, 5) is 21.6. The van der Waals surface area contributed by atoms with E-state index in [1.165, 1.54) is 6.42 Å². The zero-order valence-electron chi connectivity index (χ0n) is 25.3. The molecule has 2 atom stereocenters. The number of nitrogens with one attached hydrogen (secondary N) is 2. The normalized spacial score (nSPS) is 17.0. The Balaban J connectivity index is 0.000000996. The van der Waals surface area contributed by atoms with Gasteiger partial charge in [-0.3, -0.25) is 0 Å². The van der Waals surface area contributed by atoms with Gasteiger partial charge < -0.3 is 15.1 Å². The van der Waals surface area contributed by atoms with Crippen molar-refractivity contribution in [2.45, 2.75) is 94.2 Å². The van der Waals surface area contributed by atoms with Gasteiger partial charge in [-0.2, -0.15) is 5.26 Å². The third-order valence-corrected chi connectivity index (χ3v) is 6.63. The van der Waals surface area contributed by atoms with E-state index in [0.29, 0.717) is 33.9 Å². The molecule has 39 heavy (non-hydrogen) atoms. The molecule has 2 aromatic rings. The third kappa shape index (κ3) is 9.66. The fourth-order valence-corrected chi connectivity index (χ4v) is 4.46. The van der Waals surface area contributed by atoms with Crippen LogP contribution in [0.2, 0.25) is 5.02 Å². The second-order valence-corrected chi connectivity index (χ2v) is 9.44. The van der Waals surface area contributed by atoms with Crippen LogP contribution in [0.15, 0.2) is 29.5 Å². The number of benzene rings is 1. The summed E-state index contributed by atoms with van der Waals surface area (Å²) >= 11 is 6.32. The summed E-state index contributed by atoms with van der Waals surface area (Å²) in [6, 6.07) is 7.26. The van der Waals surface area contributed by atoms with Crippen molar-refractivity contribution in [2.75, 3.05) is 23.3 Å². The Labute approximate surface area is 241 Å². The molecular weight excluding hydrogens is 510 g/mol. The largest absolute Gasteiger partial charge is 0.391 e. The third-order valence-electron chi connectivity index (χ3n) is 6.31. The van der Waals surface area contributed by atoms with Crippen molar-refractivity contribution in [3.63, 3.8) is 0 Å². The van der Waals surface area contributed by atoms with Gasteiger partial charge in [0.2, 0.25) is 5.90 Å². The van der Waals surface area contributed by atoms with Crippen molar-refractivity contribution in [3.8, 4) is 6.07 Å². The molecule has 2 aliphatic heterocycles. The standard InChI is InChI=1S/C23H28ClN7O.C3H8.2C2H6/c1-4-20-29-23(32-30-20)14(2)17-7-9-31(10-8-17)22-15(3)21(26-13-27-22)28-19-6-5-16(12-25)11-18(19)24;1-3-2;2*1-2/h5-6,11,13-14,17,20,30H,4,7-10H2,1-3H3,(H,26,27,28);3H2,1-2H3;2*1-2H3. The zero-order chi connectivity index (χ0) is 29.4. The second kappa shape index (κ2) is 18.4. The highest BCUT2D eigenvalue weighted by Gasteiger charge is 2.32. The zero-order valence-corrected chi connectivity index (χ0v) is 26.1. The van der Waals surface area contributed by atoms with Gasteiger partial charge in [0.25, 0.3) is 0 Å². The van der Waals surface area contributed by atoms with E-state index < -0.39 is 0 Å². The second-order valence-electron chi connectivity index (χ2n) is 9.03. The fraction of sp³-hybridized carbons (Fsp3) is 0.600. The Morgan fingerprint density at radius 3 is 2.33 bits per heavy atom. The number of hydroxylamine groups is 1. The first-order chi connectivity index (χ1) is 18.9. The number of nitrogens with zero attached hydrogens (tertiary/aromatic N) is 5. The van der Waals surface area contributed by atoms with Gasteiger partial charge in [-0.25, -0.2) is 15.0 Å². The smallest absolute Gasteiger partial charge is 0.214 e. The van der Waals surface area contributed by atoms with Crippen molar-refractivity contribution in [3.05, 3.63) is 40.7 Å². The number of rotatable bonds is 6. The lowest BCUT2D eigenvalue weighted by Gasteiger charge is -2.35. The molecule has 1 aromatic carbocycles. The molecule has 0 spiro atoms. The highest BCUT2D eigenvalue weighted by atomic mass is 35.5. The van der Waals surface area contributed by atoms with E-state index in [4.69, 9.17) is 21.7 Å². The van der Waals surface area contributed by atoms with Gasteiger partial charge in [-0.05, 0) is 50.3 Å². The molecule has 1 fully saturated rings. The molecular formula is C30H48ClN7O. The summed E-state index contributed by atoms with van der Waals surface area (Å²) in [6.45, 7) is 20.4. The maximum atomic E-state index is 9.03. The van der Waals surface area contributed by atoms with Crippen LogP contribution in [0.3, 0.4) is 0 Å². The van der Waals surface area contributed by atoms with Gasteiger partial charge >= 0.3 is 0 Å². The molecule has 3 heterocycles. The monoisotopic (exact) mass is 557 g/mol. The van der Waals surface area contributed by atoms with Crippen LogP contribution in [-0.2, 0) is 4.84 Å². The molecule has 0 aliphatic carbocycles. The summed E-state index contributed by atoms with van der Waals surface area (Å²) in [5.41, 5.74) is 5.19. The quantitative estimate of drug-likeness (QED) is 0.370. The van der Waals surface area contributed by atoms with Crippen LogP contribution in [-0.4, -0.2) is 35.1 Å².